The van der Waals surface area contributed by atoms with Gasteiger partial charge in [0.1, 0.15) is 0 Å². The van der Waals surface area contributed by atoms with Crippen molar-refractivity contribution >= 4 is 17.7 Å². The van der Waals surface area contributed by atoms with Crippen molar-refractivity contribution < 1.29 is 19.4 Å². The summed E-state index contributed by atoms with van der Waals surface area (Å²) < 4.78 is 6.81. The number of fused-ring (bicyclic) bond motifs is 1. The van der Waals surface area contributed by atoms with Crippen LogP contribution in [-0.2, 0) is 9.53 Å². The molecule has 1 atom stereocenters. The average Bonchev–Trinajstić information content (AvgIpc) is 3.01. The Hall–Kier alpha value is -2.55. The number of carbonyl (C=O) groups is 2. The van der Waals surface area contributed by atoms with Gasteiger partial charge < -0.3 is 14.7 Å². The molecule has 0 spiro atoms. The Morgan fingerprint density at radius 2 is 2.08 bits per heavy atom. The molecule has 1 amide bonds. The number of carboxylic acid groups (broad SMARTS) is 1. The van der Waals surface area contributed by atoms with E-state index in [9.17, 15) is 9.59 Å². The smallest absolute Gasteiger partial charge is 0.308 e. The SMILES string of the molecule is CCOCCCN(CC(C)C(=O)O)C(=O)c1nc2nc(C)cc(C)n2n1. The fraction of sp³-hybridized carbons (Fsp3) is 0.588. The van der Waals surface area contributed by atoms with E-state index in [0.29, 0.717) is 32.0 Å². The number of hydrogen-bond acceptors (Lipinski definition) is 6. The van der Waals surface area contributed by atoms with E-state index in [4.69, 9.17) is 9.84 Å². The van der Waals surface area contributed by atoms with E-state index in [0.717, 1.165) is 11.4 Å². The van der Waals surface area contributed by atoms with Crippen molar-refractivity contribution in [2.24, 2.45) is 5.92 Å². The highest BCUT2D eigenvalue weighted by atomic mass is 16.5. The Bertz CT molecular complexity index is 789. The zero-order valence-corrected chi connectivity index (χ0v) is 15.6. The van der Waals surface area contributed by atoms with Gasteiger partial charge in [-0.15, -0.1) is 5.10 Å². The number of hydrogen-bond donors (Lipinski definition) is 1. The van der Waals surface area contributed by atoms with Crippen LogP contribution in [0.2, 0.25) is 0 Å². The molecule has 2 aromatic heterocycles. The van der Waals surface area contributed by atoms with Crippen molar-refractivity contribution in [3.63, 3.8) is 0 Å². The van der Waals surface area contributed by atoms with Gasteiger partial charge in [-0.2, -0.15) is 4.98 Å². The number of aliphatic carboxylic acids is 1. The van der Waals surface area contributed by atoms with E-state index < -0.39 is 17.8 Å². The Morgan fingerprint density at radius 3 is 2.73 bits per heavy atom. The van der Waals surface area contributed by atoms with Crippen molar-refractivity contribution in [2.75, 3.05) is 26.3 Å². The first-order valence-corrected chi connectivity index (χ1v) is 8.64. The average molecular weight is 363 g/mol. The third-order valence-corrected chi connectivity index (χ3v) is 3.93. The molecule has 2 heterocycles. The highest BCUT2D eigenvalue weighted by Gasteiger charge is 2.25. The number of aromatic nitrogens is 4. The summed E-state index contributed by atoms with van der Waals surface area (Å²) in [7, 11) is 0. The molecular formula is C17H25N5O4. The van der Waals surface area contributed by atoms with Crippen molar-refractivity contribution in [2.45, 2.75) is 34.1 Å². The maximum atomic E-state index is 12.9. The molecule has 9 nitrogen and oxygen atoms in total. The minimum absolute atomic E-state index is 0.0141. The van der Waals surface area contributed by atoms with E-state index in [1.165, 1.54) is 9.42 Å². The predicted molar refractivity (Wildman–Crippen MR) is 94.1 cm³/mol. The molecule has 0 saturated carbocycles. The minimum Gasteiger partial charge on any atom is -0.481 e. The lowest BCUT2D eigenvalue weighted by Gasteiger charge is -2.23. The Labute approximate surface area is 152 Å². The van der Waals surface area contributed by atoms with Crippen LogP contribution < -0.4 is 0 Å². The van der Waals surface area contributed by atoms with E-state index in [2.05, 4.69) is 15.1 Å². The van der Waals surface area contributed by atoms with Gasteiger partial charge in [-0.25, -0.2) is 9.50 Å². The second kappa shape index (κ2) is 8.70. The molecule has 1 unspecified atom stereocenters. The van der Waals surface area contributed by atoms with Crippen LogP contribution in [0.5, 0.6) is 0 Å². The van der Waals surface area contributed by atoms with Gasteiger partial charge in [-0.3, -0.25) is 9.59 Å². The lowest BCUT2D eigenvalue weighted by Crippen LogP contribution is -2.38. The molecule has 2 aromatic rings. The molecule has 0 aliphatic heterocycles. The van der Waals surface area contributed by atoms with Crippen molar-refractivity contribution in [1.29, 1.82) is 0 Å². The zero-order valence-electron chi connectivity index (χ0n) is 15.6. The Morgan fingerprint density at radius 1 is 1.35 bits per heavy atom. The molecule has 142 valence electrons. The van der Waals surface area contributed by atoms with Crippen molar-refractivity contribution in [1.82, 2.24) is 24.5 Å². The molecule has 0 bridgehead atoms. The normalized spacial score (nSPS) is 12.3. The highest BCUT2D eigenvalue weighted by molar-refractivity contribution is 5.91. The largest absolute Gasteiger partial charge is 0.481 e. The van der Waals surface area contributed by atoms with Gasteiger partial charge in [-0.05, 0) is 33.3 Å². The van der Waals surface area contributed by atoms with Gasteiger partial charge in [0.2, 0.25) is 5.82 Å². The van der Waals surface area contributed by atoms with Crippen LogP contribution in [0.3, 0.4) is 0 Å². The van der Waals surface area contributed by atoms with E-state index in [1.54, 1.807) is 6.92 Å². The molecule has 2 rings (SSSR count). The second-order valence-electron chi connectivity index (χ2n) is 6.23. The predicted octanol–water partition coefficient (Wildman–Crippen LogP) is 1.33. The quantitative estimate of drug-likeness (QED) is 0.669. The van der Waals surface area contributed by atoms with Crippen LogP contribution in [0.25, 0.3) is 5.78 Å². The molecule has 0 aliphatic rings. The zero-order chi connectivity index (χ0) is 19.3. The summed E-state index contributed by atoms with van der Waals surface area (Å²) in [4.78, 5) is 34.0. The first kappa shape index (κ1) is 19.8. The lowest BCUT2D eigenvalue weighted by molar-refractivity contribution is -0.141. The van der Waals surface area contributed by atoms with Gasteiger partial charge in [-0.1, -0.05) is 6.92 Å². The fourth-order valence-corrected chi connectivity index (χ4v) is 2.58. The molecule has 0 aromatic carbocycles. The van der Waals surface area contributed by atoms with Crippen LogP contribution in [0.15, 0.2) is 6.07 Å². The molecule has 26 heavy (non-hydrogen) atoms. The number of amides is 1. The molecule has 0 fully saturated rings. The number of carbonyl (C=O) groups excluding carboxylic acids is 1. The van der Waals surface area contributed by atoms with E-state index >= 15 is 0 Å². The Kier molecular flexibility index (Phi) is 6.62. The molecular weight excluding hydrogens is 338 g/mol. The number of aryl methyl sites for hydroxylation is 2. The van der Waals surface area contributed by atoms with Crippen LogP contribution in [0.4, 0.5) is 0 Å². The second-order valence-corrected chi connectivity index (χ2v) is 6.23. The third kappa shape index (κ3) is 4.75. The summed E-state index contributed by atoms with van der Waals surface area (Å²) in [6, 6.07) is 1.85. The summed E-state index contributed by atoms with van der Waals surface area (Å²) in [6.45, 7) is 8.72. The topological polar surface area (TPSA) is 110 Å². The number of ether oxygens (including phenoxy) is 1. The molecule has 1 N–H and O–H groups in total. The van der Waals surface area contributed by atoms with Crippen molar-refractivity contribution in [3.05, 3.63) is 23.3 Å². The van der Waals surface area contributed by atoms with Crippen LogP contribution in [0, 0.1) is 19.8 Å². The number of rotatable bonds is 9. The maximum absolute atomic E-state index is 12.9. The molecule has 0 saturated heterocycles. The molecule has 0 aliphatic carbocycles. The van der Waals surface area contributed by atoms with Crippen LogP contribution in [-0.4, -0.2) is 67.8 Å². The highest BCUT2D eigenvalue weighted by Crippen LogP contribution is 2.10. The monoisotopic (exact) mass is 363 g/mol. The summed E-state index contributed by atoms with van der Waals surface area (Å²) >= 11 is 0. The maximum Gasteiger partial charge on any atom is 0.308 e. The van der Waals surface area contributed by atoms with Gasteiger partial charge in [0.25, 0.3) is 11.7 Å². The standard InChI is InChI=1S/C17H25N5O4/c1-5-26-8-6-7-21(10-11(2)16(24)25)15(23)14-19-17-18-12(3)9-13(4)22(17)20-14/h9,11H,5-8,10H2,1-4H3,(H,24,25). The lowest BCUT2D eigenvalue weighted by atomic mass is 10.1. The van der Waals surface area contributed by atoms with Gasteiger partial charge >= 0.3 is 5.97 Å². The molecule has 0 radical (unpaired) electrons. The first-order valence-electron chi connectivity index (χ1n) is 8.64. The van der Waals surface area contributed by atoms with E-state index in [1.807, 2.05) is 26.8 Å². The van der Waals surface area contributed by atoms with Gasteiger partial charge in [0, 0.05) is 37.7 Å². The Balaban J connectivity index is 2.23. The summed E-state index contributed by atoms with van der Waals surface area (Å²) in [5, 5.41) is 13.4. The summed E-state index contributed by atoms with van der Waals surface area (Å²) in [5.74, 6) is -1.68. The van der Waals surface area contributed by atoms with Gasteiger partial charge in [0.15, 0.2) is 0 Å². The van der Waals surface area contributed by atoms with Gasteiger partial charge in [0.05, 0.1) is 5.92 Å². The number of carboxylic acids is 1. The first-order chi connectivity index (χ1) is 12.3. The van der Waals surface area contributed by atoms with Crippen molar-refractivity contribution in [3.8, 4) is 0 Å². The number of nitrogens with zero attached hydrogens (tertiary/aromatic N) is 5. The third-order valence-electron chi connectivity index (χ3n) is 3.93. The molecule has 9 heteroatoms. The van der Waals surface area contributed by atoms with Crippen LogP contribution in [0.1, 0.15) is 42.3 Å². The fourth-order valence-electron chi connectivity index (χ4n) is 2.58. The minimum atomic E-state index is -0.955. The van der Waals surface area contributed by atoms with Crippen LogP contribution >= 0.6 is 0 Å². The summed E-state index contributed by atoms with van der Waals surface area (Å²) in [6.07, 6.45) is 0.607. The summed E-state index contributed by atoms with van der Waals surface area (Å²) in [5.41, 5.74) is 1.61. The van der Waals surface area contributed by atoms with E-state index in [-0.39, 0.29) is 12.4 Å².